The van der Waals surface area contributed by atoms with E-state index in [1.807, 2.05) is 19.1 Å². The van der Waals surface area contributed by atoms with Crippen LogP contribution >= 0.6 is 0 Å². The monoisotopic (exact) mass is 283 g/mol. The highest BCUT2D eigenvalue weighted by atomic mass is 16.6. The van der Waals surface area contributed by atoms with Crippen molar-refractivity contribution < 1.29 is 4.92 Å². The van der Waals surface area contributed by atoms with Gasteiger partial charge in [-0.2, -0.15) is 9.61 Å². The number of hydrogen-bond donors (Lipinski definition) is 1. The molecule has 7 heteroatoms. The highest BCUT2D eigenvalue weighted by Crippen LogP contribution is 2.16. The maximum Gasteiger partial charge on any atom is 0.269 e. The lowest BCUT2D eigenvalue weighted by Crippen LogP contribution is -2.05. The number of nitrogens with zero attached hydrogens (tertiary/aromatic N) is 4. The number of fused-ring (bicyclic) bond motifs is 1. The predicted molar refractivity (Wildman–Crippen MR) is 78.1 cm³/mol. The van der Waals surface area contributed by atoms with Crippen LogP contribution in [0.25, 0.3) is 5.65 Å². The van der Waals surface area contributed by atoms with Crippen molar-refractivity contribution in [3.05, 3.63) is 64.0 Å². The average Bonchev–Trinajstić information content (AvgIpc) is 2.93. The molecule has 0 spiro atoms. The summed E-state index contributed by atoms with van der Waals surface area (Å²) in [5.41, 5.74) is 2.91. The Morgan fingerprint density at radius 3 is 2.76 bits per heavy atom. The van der Waals surface area contributed by atoms with Gasteiger partial charge in [-0.3, -0.25) is 10.1 Å². The van der Waals surface area contributed by atoms with Crippen LogP contribution in [0.15, 0.2) is 42.7 Å². The number of pyridine rings is 1. The summed E-state index contributed by atoms with van der Waals surface area (Å²) in [6.45, 7) is 2.54. The maximum absolute atomic E-state index is 10.6. The van der Waals surface area contributed by atoms with Gasteiger partial charge in [-0.15, -0.1) is 0 Å². The maximum atomic E-state index is 10.6. The summed E-state index contributed by atoms with van der Waals surface area (Å²) < 4.78 is 1.72. The Bertz CT molecular complexity index is 795. The number of aryl methyl sites for hydroxylation is 1. The van der Waals surface area contributed by atoms with Crippen molar-refractivity contribution in [1.29, 1.82) is 0 Å². The summed E-state index contributed by atoms with van der Waals surface area (Å²) >= 11 is 0. The minimum Gasteiger partial charge on any atom is -0.366 e. The Labute approximate surface area is 120 Å². The normalized spacial score (nSPS) is 10.7. The minimum atomic E-state index is -0.406. The topological polar surface area (TPSA) is 85.4 Å². The smallest absolute Gasteiger partial charge is 0.269 e. The summed E-state index contributed by atoms with van der Waals surface area (Å²) in [5, 5.41) is 18.1. The third-order valence-electron chi connectivity index (χ3n) is 3.14. The first kappa shape index (κ1) is 13.0. The SMILES string of the molecule is Cc1cc(NCc2ccc([N+](=O)[O-])cc2)n2ncnc2c1. The number of benzene rings is 1. The van der Waals surface area contributed by atoms with E-state index in [1.54, 1.807) is 16.6 Å². The number of nitro benzene ring substituents is 1. The van der Waals surface area contributed by atoms with Crippen LogP contribution in [0.4, 0.5) is 11.5 Å². The zero-order valence-corrected chi connectivity index (χ0v) is 11.4. The standard InChI is InChI=1S/C14H13N5O2/c1-10-6-13(18-14(7-10)16-9-17-18)15-8-11-2-4-12(5-3-11)19(20)21/h2-7,9,15H,8H2,1H3. The van der Waals surface area contributed by atoms with E-state index in [9.17, 15) is 10.1 Å². The number of anilines is 1. The van der Waals surface area contributed by atoms with E-state index in [-0.39, 0.29) is 5.69 Å². The van der Waals surface area contributed by atoms with Crippen LogP contribution in [-0.4, -0.2) is 19.5 Å². The van der Waals surface area contributed by atoms with Crippen LogP contribution in [0.3, 0.4) is 0 Å². The first-order valence-electron chi connectivity index (χ1n) is 6.41. The highest BCUT2D eigenvalue weighted by molar-refractivity contribution is 5.51. The summed E-state index contributed by atoms with van der Waals surface area (Å²) in [6.07, 6.45) is 1.51. The lowest BCUT2D eigenvalue weighted by molar-refractivity contribution is -0.384. The molecule has 7 nitrogen and oxygen atoms in total. The molecule has 1 aromatic carbocycles. The van der Waals surface area contributed by atoms with Crippen molar-refractivity contribution in [3.63, 3.8) is 0 Å². The van der Waals surface area contributed by atoms with Crippen LogP contribution in [-0.2, 0) is 6.54 Å². The van der Waals surface area contributed by atoms with Gasteiger partial charge >= 0.3 is 0 Å². The molecule has 3 aromatic rings. The van der Waals surface area contributed by atoms with Crippen molar-refractivity contribution in [2.24, 2.45) is 0 Å². The van der Waals surface area contributed by atoms with Gasteiger partial charge in [-0.25, -0.2) is 4.98 Å². The van der Waals surface area contributed by atoms with Gasteiger partial charge in [0.25, 0.3) is 5.69 Å². The third-order valence-corrected chi connectivity index (χ3v) is 3.14. The number of aromatic nitrogens is 3. The van der Waals surface area contributed by atoms with E-state index in [4.69, 9.17) is 0 Å². The van der Waals surface area contributed by atoms with Gasteiger partial charge in [0, 0.05) is 18.7 Å². The molecule has 0 aliphatic heterocycles. The van der Waals surface area contributed by atoms with Crippen molar-refractivity contribution in [1.82, 2.24) is 14.6 Å². The first-order valence-corrected chi connectivity index (χ1v) is 6.41. The molecule has 0 aliphatic carbocycles. The molecule has 0 saturated heterocycles. The first-order chi connectivity index (χ1) is 10.1. The Kier molecular flexibility index (Phi) is 3.23. The molecule has 106 valence electrons. The molecule has 0 atom stereocenters. The molecule has 0 aliphatic rings. The lowest BCUT2D eigenvalue weighted by atomic mass is 10.2. The van der Waals surface area contributed by atoms with E-state index in [0.29, 0.717) is 6.54 Å². The van der Waals surface area contributed by atoms with Gasteiger partial charge in [0.15, 0.2) is 5.65 Å². The molecular formula is C14H13N5O2. The molecule has 0 fully saturated rings. The van der Waals surface area contributed by atoms with E-state index >= 15 is 0 Å². The average molecular weight is 283 g/mol. The molecule has 0 amide bonds. The lowest BCUT2D eigenvalue weighted by Gasteiger charge is -2.09. The number of nitrogens with one attached hydrogen (secondary N) is 1. The second kappa shape index (κ2) is 5.20. The number of non-ortho nitro benzene ring substituents is 1. The van der Waals surface area contributed by atoms with Crippen LogP contribution in [0.5, 0.6) is 0 Å². The fraction of sp³-hybridized carbons (Fsp3) is 0.143. The Balaban J connectivity index is 1.80. The molecular weight excluding hydrogens is 270 g/mol. The Morgan fingerprint density at radius 1 is 1.29 bits per heavy atom. The zero-order valence-electron chi connectivity index (χ0n) is 11.4. The fourth-order valence-electron chi connectivity index (χ4n) is 2.11. The van der Waals surface area contributed by atoms with Crippen molar-refractivity contribution in [3.8, 4) is 0 Å². The third kappa shape index (κ3) is 2.66. The van der Waals surface area contributed by atoms with Gasteiger partial charge in [0.05, 0.1) is 4.92 Å². The van der Waals surface area contributed by atoms with E-state index < -0.39 is 4.92 Å². The highest BCUT2D eigenvalue weighted by Gasteiger charge is 2.06. The number of hydrogen-bond acceptors (Lipinski definition) is 5. The zero-order chi connectivity index (χ0) is 14.8. The van der Waals surface area contributed by atoms with Gasteiger partial charge in [-0.1, -0.05) is 12.1 Å². The molecule has 0 bridgehead atoms. The largest absolute Gasteiger partial charge is 0.366 e. The molecule has 0 radical (unpaired) electrons. The van der Waals surface area contributed by atoms with E-state index in [1.165, 1.54) is 18.5 Å². The van der Waals surface area contributed by atoms with Gasteiger partial charge in [0.1, 0.15) is 12.1 Å². The molecule has 3 rings (SSSR count). The van der Waals surface area contributed by atoms with Gasteiger partial charge in [-0.05, 0) is 30.2 Å². The van der Waals surface area contributed by atoms with Crippen molar-refractivity contribution in [2.45, 2.75) is 13.5 Å². The summed E-state index contributed by atoms with van der Waals surface area (Å²) in [6, 6.07) is 10.4. The van der Waals surface area contributed by atoms with Crippen molar-refractivity contribution in [2.75, 3.05) is 5.32 Å². The fourth-order valence-corrected chi connectivity index (χ4v) is 2.11. The Morgan fingerprint density at radius 2 is 2.05 bits per heavy atom. The quantitative estimate of drug-likeness (QED) is 0.587. The van der Waals surface area contributed by atoms with E-state index in [2.05, 4.69) is 15.4 Å². The molecule has 2 aromatic heterocycles. The summed E-state index contributed by atoms with van der Waals surface area (Å²) in [5.74, 6) is 0.834. The van der Waals surface area contributed by atoms with Crippen LogP contribution in [0.1, 0.15) is 11.1 Å². The summed E-state index contributed by atoms with van der Waals surface area (Å²) in [7, 11) is 0. The molecule has 1 N–H and O–H groups in total. The second-order valence-corrected chi connectivity index (χ2v) is 4.73. The van der Waals surface area contributed by atoms with Gasteiger partial charge in [0.2, 0.25) is 0 Å². The van der Waals surface area contributed by atoms with Crippen LogP contribution < -0.4 is 5.32 Å². The Hall–Kier alpha value is -2.96. The van der Waals surface area contributed by atoms with Crippen LogP contribution in [0, 0.1) is 17.0 Å². The number of nitro groups is 1. The molecule has 21 heavy (non-hydrogen) atoms. The van der Waals surface area contributed by atoms with E-state index in [0.717, 1.165) is 22.6 Å². The van der Waals surface area contributed by atoms with Crippen molar-refractivity contribution >= 4 is 17.2 Å². The molecule has 0 unspecified atom stereocenters. The second-order valence-electron chi connectivity index (χ2n) is 4.73. The summed E-state index contributed by atoms with van der Waals surface area (Å²) in [4.78, 5) is 14.4. The van der Waals surface area contributed by atoms with Gasteiger partial charge < -0.3 is 5.32 Å². The molecule has 2 heterocycles. The van der Waals surface area contributed by atoms with Crippen LogP contribution in [0.2, 0.25) is 0 Å². The minimum absolute atomic E-state index is 0.0907. The number of rotatable bonds is 4. The molecule has 0 saturated carbocycles. The predicted octanol–water partition coefficient (Wildman–Crippen LogP) is 2.56.